The topological polar surface area (TPSA) is 56.1 Å². The Balaban J connectivity index is 1.68. The number of nitrogens with one attached hydrogen (secondary N) is 1. The van der Waals surface area contributed by atoms with Gasteiger partial charge in [-0.1, -0.05) is 41.9 Å². The summed E-state index contributed by atoms with van der Waals surface area (Å²) in [6.45, 7) is 2.75. The highest BCUT2D eigenvalue weighted by Gasteiger charge is 2.15. The van der Waals surface area contributed by atoms with Crippen LogP contribution in [0, 0.1) is 5.92 Å². The van der Waals surface area contributed by atoms with Crippen LogP contribution in [-0.4, -0.2) is 29.5 Å². The molecule has 1 aliphatic heterocycles. The molecule has 2 heterocycles. The first kappa shape index (κ1) is 16.0. The van der Waals surface area contributed by atoms with E-state index < -0.39 is 0 Å². The smallest absolute Gasteiger partial charge is 0.287 e. The number of hydrogen-bond acceptors (Lipinski definition) is 4. The third-order valence-corrected chi connectivity index (χ3v) is 4.36. The number of nitrogens with zero attached hydrogens (tertiary/aromatic N) is 2. The number of hydrogen-bond donors (Lipinski definition) is 1. The first-order valence-corrected chi connectivity index (χ1v) is 8.23. The second kappa shape index (κ2) is 7.62. The summed E-state index contributed by atoms with van der Waals surface area (Å²) in [5.41, 5.74) is 1.32. The zero-order valence-electron chi connectivity index (χ0n) is 12.9. The fourth-order valence-electron chi connectivity index (χ4n) is 2.68. The van der Waals surface area contributed by atoms with Gasteiger partial charge in [0.2, 0.25) is 0 Å². The first-order chi connectivity index (χ1) is 11.2. The molecule has 1 N–H and O–H groups in total. The fourth-order valence-corrected chi connectivity index (χ4v) is 2.89. The Morgan fingerprint density at radius 3 is 2.91 bits per heavy atom. The van der Waals surface area contributed by atoms with E-state index in [1.54, 1.807) is 6.20 Å². The largest absolute Gasteiger partial charge is 0.382 e. The molecule has 5 nitrogen and oxygen atoms in total. The third-order valence-electron chi connectivity index (χ3n) is 4.00. The van der Waals surface area contributed by atoms with Crippen molar-refractivity contribution >= 4 is 17.3 Å². The lowest BCUT2D eigenvalue weighted by molar-refractivity contribution is 0.0595. The molecule has 0 bridgehead atoms. The van der Waals surface area contributed by atoms with Gasteiger partial charge in [-0.05, 0) is 24.3 Å². The molecule has 1 aromatic heterocycles. The lowest BCUT2D eigenvalue weighted by atomic mass is 10.0. The quantitative estimate of drug-likeness (QED) is 0.914. The van der Waals surface area contributed by atoms with Crippen LogP contribution in [0.5, 0.6) is 0 Å². The molecule has 1 aromatic carbocycles. The molecule has 1 atom stereocenters. The SMILES string of the molecule is O=c1c(Cl)c(NCC2CCCOC2)cnn1Cc1ccccc1. The van der Waals surface area contributed by atoms with Crippen molar-refractivity contribution in [1.82, 2.24) is 9.78 Å². The van der Waals surface area contributed by atoms with Gasteiger partial charge in [0.15, 0.2) is 0 Å². The lowest BCUT2D eigenvalue weighted by Crippen LogP contribution is -2.27. The van der Waals surface area contributed by atoms with Gasteiger partial charge in [-0.25, -0.2) is 4.68 Å². The van der Waals surface area contributed by atoms with Crippen molar-refractivity contribution in [1.29, 1.82) is 0 Å². The van der Waals surface area contributed by atoms with Crippen LogP contribution in [0.2, 0.25) is 5.02 Å². The van der Waals surface area contributed by atoms with Gasteiger partial charge in [0.05, 0.1) is 25.0 Å². The zero-order valence-corrected chi connectivity index (χ0v) is 13.6. The summed E-state index contributed by atoms with van der Waals surface area (Å²) in [6, 6.07) is 9.72. The Hall–Kier alpha value is -1.85. The van der Waals surface area contributed by atoms with E-state index in [0.29, 0.717) is 18.2 Å². The average molecular weight is 334 g/mol. The second-order valence-corrected chi connectivity index (χ2v) is 6.16. The van der Waals surface area contributed by atoms with E-state index >= 15 is 0 Å². The van der Waals surface area contributed by atoms with E-state index in [0.717, 1.165) is 38.2 Å². The van der Waals surface area contributed by atoms with Crippen LogP contribution in [0.15, 0.2) is 41.3 Å². The lowest BCUT2D eigenvalue weighted by Gasteiger charge is -2.22. The predicted octanol–water partition coefficient (Wildman–Crippen LogP) is 2.78. The molecule has 3 rings (SSSR count). The highest BCUT2D eigenvalue weighted by Crippen LogP contribution is 2.19. The molecule has 0 spiro atoms. The van der Waals surface area contributed by atoms with Gasteiger partial charge in [-0.3, -0.25) is 4.79 Å². The fraction of sp³-hybridized carbons (Fsp3) is 0.412. The Morgan fingerprint density at radius 2 is 2.17 bits per heavy atom. The Bertz CT molecular complexity index is 697. The van der Waals surface area contributed by atoms with Crippen molar-refractivity contribution in [2.45, 2.75) is 19.4 Å². The standard InChI is InChI=1S/C17H20ClN3O2/c18-16-15(19-9-14-7-4-8-23-12-14)10-20-21(17(16)22)11-13-5-2-1-3-6-13/h1-3,5-6,10,14,19H,4,7-9,11-12H2. The van der Waals surface area contributed by atoms with Crippen LogP contribution in [0.1, 0.15) is 18.4 Å². The van der Waals surface area contributed by atoms with Crippen LogP contribution in [0.4, 0.5) is 5.69 Å². The molecule has 0 amide bonds. The molecule has 1 unspecified atom stereocenters. The molecule has 1 saturated heterocycles. The van der Waals surface area contributed by atoms with Gasteiger partial charge in [0.25, 0.3) is 5.56 Å². The van der Waals surface area contributed by atoms with Crippen molar-refractivity contribution in [3.8, 4) is 0 Å². The second-order valence-electron chi connectivity index (χ2n) is 5.78. The molecular weight excluding hydrogens is 314 g/mol. The van der Waals surface area contributed by atoms with E-state index in [1.807, 2.05) is 30.3 Å². The van der Waals surface area contributed by atoms with Crippen molar-refractivity contribution < 1.29 is 4.74 Å². The van der Waals surface area contributed by atoms with Crippen LogP contribution in [0.25, 0.3) is 0 Å². The van der Waals surface area contributed by atoms with Gasteiger partial charge in [-0.15, -0.1) is 0 Å². The van der Waals surface area contributed by atoms with Gasteiger partial charge >= 0.3 is 0 Å². The summed E-state index contributed by atoms with van der Waals surface area (Å²) in [5.74, 6) is 0.451. The molecule has 0 saturated carbocycles. The number of halogens is 1. The molecule has 6 heteroatoms. The highest BCUT2D eigenvalue weighted by molar-refractivity contribution is 6.32. The van der Waals surface area contributed by atoms with E-state index in [4.69, 9.17) is 16.3 Å². The number of benzene rings is 1. The number of rotatable bonds is 5. The maximum absolute atomic E-state index is 12.3. The van der Waals surface area contributed by atoms with Gasteiger partial charge < -0.3 is 10.1 Å². The van der Waals surface area contributed by atoms with Crippen LogP contribution < -0.4 is 10.9 Å². The molecule has 23 heavy (non-hydrogen) atoms. The van der Waals surface area contributed by atoms with Gasteiger partial charge in [-0.2, -0.15) is 5.10 Å². The van der Waals surface area contributed by atoms with Crippen LogP contribution in [-0.2, 0) is 11.3 Å². The van der Waals surface area contributed by atoms with Crippen molar-refractivity contribution in [3.05, 3.63) is 57.5 Å². The molecule has 1 aliphatic rings. The van der Waals surface area contributed by atoms with Crippen molar-refractivity contribution in [2.24, 2.45) is 5.92 Å². The molecule has 1 fully saturated rings. The number of aromatic nitrogens is 2. The van der Waals surface area contributed by atoms with Crippen LogP contribution >= 0.6 is 11.6 Å². The van der Waals surface area contributed by atoms with Crippen molar-refractivity contribution in [2.75, 3.05) is 25.1 Å². The molecule has 0 aliphatic carbocycles. The highest BCUT2D eigenvalue weighted by atomic mass is 35.5. The molecular formula is C17H20ClN3O2. The summed E-state index contributed by atoms with van der Waals surface area (Å²) in [5, 5.41) is 7.64. The maximum Gasteiger partial charge on any atom is 0.287 e. The average Bonchev–Trinajstić information content (AvgIpc) is 2.60. The minimum absolute atomic E-state index is 0.188. The normalized spacial score (nSPS) is 17.9. The van der Waals surface area contributed by atoms with E-state index in [1.165, 1.54) is 4.68 Å². The molecule has 2 aromatic rings. The molecule has 122 valence electrons. The predicted molar refractivity (Wildman–Crippen MR) is 91.1 cm³/mol. The van der Waals surface area contributed by atoms with Crippen molar-refractivity contribution in [3.63, 3.8) is 0 Å². The summed E-state index contributed by atoms with van der Waals surface area (Å²) >= 11 is 6.22. The third kappa shape index (κ3) is 4.12. The van der Waals surface area contributed by atoms with E-state index in [9.17, 15) is 4.79 Å². The number of anilines is 1. The Morgan fingerprint density at radius 1 is 1.35 bits per heavy atom. The number of ether oxygens (including phenoxy) is 1. The minimum atomic E-state index is -0.277. The Kier molecular flexibility index (Phi) is 5.31. The van der Waals surface area contributed by atoms with E-state index in [-0.39, 0.29) is 10.6 Å². The summed E-state index contributed by atoms with van der Waals surface area (Å²) in [6.07, 6.45) is 3.83. The summed E-state index contributed by atoms with van der Waals surface area (Å²) in [7, 11) is 0. The summed E-state index contributed by atoms with van der Waals surface area (Å²) < 4.78 is 6.84. The van der Waals surface area contributed by atoms with Crippen LogP contribution in [0.3, 0.4) is 0 Å². The van der Waals surface area contributed by atoms with E-state index in [2.05, 4.69) is 10.4 Å². The maximum atomic E-state index is 12.3. The monoisotopic (exact) mass is 333 g/mol. The van der Waals surface area contributed by atoms with Gasteiger partial charge in [0.1, 0.15) is 5.02 Å². The molecule has 0 radical (unpaired) electrons. The summed E-state index contributed by atoms with van der Waals surface area (Å²) in [4.78, 5) is 12.3. The zero-order chi connectivity index (χ0) is 16.1. The van der Waals surface area contributed by atoms with Gasteiger partial charge in [0, 0.05) is 13.2 Å². The Labute approximate surface area is 140 Å². The minimum Gasteiger partial charge on any atom is -0.382 e. The first-order valence-electron chi connectivity index (χ1n) is 7.85.